The van der Waals surface area contributed by atoms with Crippen molar-refractivity contribution in [2.75, 3.05) is 7.11 Å². The molecule has 0 aliphatic rings. The van der Waals surface area contributed by atoms with Crippen LogP contribution in [0.15, 0.2) is 40.9 Å². The smallest absolute Gasteiger partial charge is 0.311 e. The van der Waals surface area contributed by atoms with Crippen LogP contribution in [-0.4, -0.2) is 28.7 Å². The number of benzene rings is 2. The lowest BCUT2D eigenvalue weighted by atomic mass is 9.91. The van der Waals surface area contributed by atoms with Crippen LogP contribution in [0.25, 0.3) is 10.9 Å². The highest BCUT2D eigenvalue weighted by molar-refractivity contribution is 9.10. The van der Waals surface area contributed by atoms with Gasteiger partial charge in [-0.25, -0.2) is 0 Å². The third-order valence-corrected chi connectivity index (χ3v) is 6.14. The van der Waals surface area contributed by atoms with Crippen LogP contribution in [0.4, 0.5) is 0 Å². The monoisotopic (exact) mass is 491 g/mol. The summed E-state index contributed by atoms with van der Waals surface area (Å²) in [6.45, 7) is 3.81. The molecular weight excluding hydrogens is 470 g/mol. The molecule has 0 saturated heterocycles. The second-order valence-electron chi connectivity index (χ2n) is 7.18. The van der Waals surface area contributed by atoms with E-state index >= 15 is 0 Å². The van der Waals surface area contributed by atoms with Crippen LogP contribution < -0.4 is 4.74 Å². The molecule has 1 unspecified atom stereocenters. The van der Waals surface area contributed by atoms with Crippen molar-refractivity contribution >= 4 is 50.3 Å². The van der Waals surface area contributed by atoms with Crippen molar-refractivity contribution in [3.05, 3.63) is 62.7 Å². The number of methoxy groups -OCH3 is 1. The van der Waals surface area contributed by atoms with E-state index in [1.165, 1.54) is 7.11 Å². The standard InChI is InChI=1S/C23H23BrClNO4/c1-4-5-6-16(23(28)29)21-13(2)26(22(27)14-7-9-15(24)10-8-14)19-12-18(25)20(30-3)11-17(19)21/h7-12,16H,4-6H2,1-3H3,(H,28,29). The first kappa shape index (κ1) is 22.4. The van der Waals surface area contributed by atoms with Gasteiger partial charge in [0.2, 0.25) is 0 Å². The molecule has 2 aromatic carbocycles. The summed E-state index contributed by atoms with van der Waals surface area (Å²) in [6.07, 6.45) is 2.14. The largest absolute Gasteiger partial charge is 0.495 e. The van der Waals surface area contributed by atoms with E-state index < -0.39 is 11.9 Å². The maximum absolute atomic E-state index is 13.4. The van der Waals surface area contributed by atoms with Gasteiger partial charge in [0.25, 0.3) is 5.91 Å². The molecule has 1 atom stereocenters. The van der Waals surface area contributed by atoms with Crippen molar-refractivity contribution in [2.45, 2.75) is 39.0 Å². The van der Waals surface area contributed by atoms with Crippen LogP contribution in [0.1, 0.15) is 53.7 Å². The minimum Gasteiger partial charge on any atom is -0.495 e. The third-order valence-electron chi connectivity index (χ3n) is 5.31. The normalized spacial score (nSPS) is 12.2. The molecule has 0 fully saturated rings. The molecule has 0 spiro atoms. The molecular formula is C23H23BrClNO4. The number of fused-ring (bicyclic) bond motifs is 1. The molecule has 3 aromatic rings. The molecule has 3 rings (SSSR count). The van der Waals surface area contributed by atoms with Crippen LogP contribution in [0, 0.1) is 6.92 Å². The number of carbonyl (C=O) groups excluding carboxylic acids is 1. The Morgan fingerprint density at radius 2 is 1.90 bits per heavy atom. The van der Waals surface area contributed by atoms with Crippen LogP contribution >= 0.6 is 27.5 Å². The summed E-state index contributed by atoms with van der Waals surface area (Å²) in [6, 6.07) is 10.5. The van der Waals surface area contributed by atoms with Crippen LogP contribution in [0.2, 0.25) is 5.02 Å². The van der Waals surface area contributed by atoms with Crippen LogP contribution in [0.5, 0.6) is 5.75 Å². The average Bonchev–Trinajstić information content (AvgIpc) is 2.98. The van der Waals surface area contributed by atoms with E-state index in [0.717, 1.165) is 17.3 Å². The lowest BCUT2D eigenvalue weighted by Gasteiger charge is -2.14. The molecule has 1 N–H and O–H groups in total. The van der Waals surface area contributed by atoms with Gasteiger partial charge in [-0.15, -0.1) is 0 Å². The molecule has 1 heterocycles. The van der Waals surface area contributed by atoms with Crippen molar-refractivity contribution in [1.82, 2.24) is 4.57 Å². The number of aliphatic carboxylic acids is 1. The number of rotatable bonds is 7. The van der Waals surface area contributed by atoms with Gasteiger partial charge in [-0.3, -0.25) is 14.2 Å². The molecule has 1 aromatic heterocycles. The number of unbranched alkanes of at least 4 members (excludes halogenated alkanes) is 1. The quantitative estimate of drug-likeness (QED) is 0.413. The van der Waals surface area contributed by atoms with Gasteiger partial charge >= 0.3 is 5.97 Å². The second-order valence-corrected chi connectivity index (χ2v) is 8.51. The predicted octanol–water partition coefficient (Wildman–Crippen LogP) is 6.42. The molecule has 0 bridgehead atoms. The molecule has 158 valence electrons. The number of carboxylic acids is 1. The Balaban J connectivity index is 2.30. The highest BCUT2D eigenvalue weighted by atomic mass is 79.9. The number of nitrogens with zero attached hydrogens (tertiary/aromatic N) is 1. The highest BCUT2D eigenvalue weighted by Gasteiger charge is 2.29. The molecule has 0 aliphatic carbocycles. The summed E-state index contributed by atoms with van der Waals surface area (Å²) in [5.41, 5.74) is 2.30. The summed E-state index contributed by atoms with van der Waals surface area (Å²) in [5, 5.41) is 11.0. The molecule has 5 nitrogen and oxygen atoms in total. The Morgan fingerprint density at radius 1 is 1.23 bits per heavy atom. The second kappa shape index (κ2) is 9.23. The zero-order valence-electron chi connectivity index (χ0n) is 17.0. The Labute approximate surface area is 188 Å². The van der Waals surface area contributed by atoms with E-state index in [4.69, 9.17) is 16.3 Å². The fraction of sp³-hybridized carbons (Fsp3) is 0.304. The number of carboxylic acid groups (broad SMARTS) is 1. The Morgan fingerprint density at radius 3 is 2.47 bits per heavy atom. The van der Waals surface area contributed by atoms with Gasteiger partial charge in [0, 0.05) is 21.1 Å². The van der Waals surface area contributed by atoms with Crippen molar-refractivity contribution in [3.63, 3.8) is 0 Å². The maximum Gasteiger partial charge on any atom is 0.311 e. The van der Waals surface area contributed by atoms with E-state index in [1.54, 1.807) is 47.9 Å². The zero-order chi connectivity index (χ0) is 22.0. The van der Waals surface area contributed by atoms with E-state index in [0.29, 0.717) is 44.9 Å². The fourth-order valence-corrected chi connectivity index (χ4v) is 4.32. The topological polar surface area (TPSA) is 68.5 Å². The third kappa shape index (κ3) is 4.12. The summed E-state index contributed by atoms with van der Waals surface area (Å²) in [5.74, 6) is -1.43. The lowest BCUT2D eigenvalue weighted by molar-refractivity contribution is -0.139. The molecule has 30 heavy (non-hydrogen) atoms. The molecule has 7 heteroatoms. The number of hydrogen-bond donors (Lipinski definition) is 1. The number of halogens is 2. The van der Waals surface area contributed by atoms with Crippen LogP contribution in [-0.2, 0) is 4.79 Å². The van der Waals surface area contributed by atoms with Gasteiger partial charge in [-0.05, 0) is 55.3 Å². The first-order chi connectivity index (χ1) is 14.3. The lowest BCUT2D eigenvalue weighted by Crippen LogP contribution is -2.16. The van der Waals surface area contributed by atoms with Gasteiger partial charge in [0.1, 0.15) is 5.75 Å². The summed E-state index contributed by atoms with van der Waals surface area (Å²) in [4.78, 5) is 25.6. The number of aromatic nitrogens is 1. The van der Waals surface area contributed by atoms with Crippen LogP contribution in [0.3, 0.4) is 0 Å². The van der Waals surface area contributed by atoms with Crippen molar-refractivity contribution in [1.29, 1.82) is 0 Å². The first-order valence-electron chi connectivity index (χ1n) is 9.71. The summed E-state index contributed by atoms with van der Waals surface area (Å²) in [7, 11) is 1.51. The van der Waals surface area contributed by atoms with E-state index in [1.807, 2.05) is 6.92 Å². The van der Waals surface area contributed by atoms with Gasteiger partial charge in [0.15, 0.2) is 0 Å². The van der Waals surface area contributed by atoms with Gasteiger partial charge in [0.05, 0.1) is 23.6 Å². The number of carbonyl (C=O) groups is 2. The Kier molecular flexibility index (Phi) is 6.88. The van der Waals surface area contributed by atoms with E-state index in [9.17, 15) is 14.7 Å². The zero-order valence-corrected chi connectivity index (χ0v) is 19.4. The highest BCUT2D eigenvalue weighted by Crippen LogP contribution is 2.39. The first-order valence-corrected chi connectivity index (χ1v) is 10.9. The molecule has 0 radical (unpaired) electrons. The Bertz CT molecular complexity index is 1100. The van der Waals surface area contributed by atoms with E-state index in [2.05, 4.69) is 15.9 Å². The maximum atomic E-state index is 13.4. The molecule has 0 aliphatic heterocycles. The number of ether oxygens (including phenoxy) is 1. The predicted molar refractivity (Wildman–Crippen MR) is 122 cm³/mol. The van der Waals surface area contributed by atoms with Crippen molar-refractivity contribution in [3.8, 4) is 5.75 Å². The minimum atomic E-state index is -0.907. The Hall–Kier alpha value is -2.31. The number of hydrogen-bond acceptors (Lipinski definition) is 3. The van der Waals surface area contributed by atoms with Crippen molar-refractivity contribution in [2.24, 2.45) is 0 Å². The van der Waals surface area contributed by atoms with Gasteiger partial charge in [-0.2, -0.15) is 0 Å². The SMILES string of the molecule is CCCCC(C(=O)O)c1c(C)n(C(=O)c2ccc(Br)cc2)c2cc(Cl)c(OC)cc12. The van der Waals surface area contributed by atoms with Gasteiger partial charge in [-0.1, -0.05) is 47.3 Å². The summed E-state index contributed by atoms with van der Waals surface area (Å²) >= 11 is 9.74. The fourth-order valence-electron chi connectivity index (χ4n) is 3.82. The minimum absolute atomic E-state index is 0.239. The van der Waals surface area contributed by atoms with E-state index in [-0.39, 0.29) is 5.91 Å². The average molecular weight is 493 g/mol. The molecule has 0 amide bonds. The van der Waals surface area contributed by atoms with Gasteiger partial charge < -0.3 is 9.84 Å². The van der Waals surface area contributed by atoms with Crippen molar-refractivity contribution < 1.29 is 19.4 Å². The summed E-state index contributed by atoms with van der Waals surface area (Å²) < 4.78 is 7.78. The molecule has 0 saturated carbocycles.